The predicted molar refractivity (Wildman–Crippen MR) is 144 cm³/mol. The van der Waals surface area contributed by atoms with Crippen LogP contribution in [-0.4, -0.2) is 53.5 Å². The van der Waals surface area contributed by atoms with Gasteiger partial charge in [-0.25, -0.2) is 18.7 Å². The number of ether oxygens (including phenoxy) is 1. The molecule has 1 amide bonds. The molecule has 2 aromatic heterocycles. The van der Waals surface area contributed by atoms with Gasteiger partial charge in [-0.05, 0) is 81.8 Å². The normalized spacial score (nSPS) is 21.2. The number of likely N-dealkylation sites (tertiary alicyclic amines) is 1. The van der Waals surface area contributed by atoms with Gasteiger partial charge in [0.15, 0.2) is 0 Å². The maximum atomic E-state index is 12.8. The SMILES string of the molecule is CC(C)(C)OC(=O)N1CCC[C@H]1c1nc2ccc(-c3ccc4nc([C@@H]5CCCN5Br)[nH]c4c3)cc2[nH]1. The molecule has 4 aromatic rings. The van der Waals surface area contributed by atoms with Gasteiger partial charge in [0.25, 0.3) is 0 Å². The summed E-state index contributed by atoms with van der Waals surface area (Å²) in [5.74, 6) is 1.83. The zero-order chi connectivity index (χ0) is 25.0. The van der Waals surface area contributed by atoms with E-state index in [1.54, 1.807) is 4.90 Å². The van der Waals surface area contributed by atoms with Crippen LogP contribution in [0.15, 0.2) is 36.4 Å². The molecule has 188 valence electrons. The summed E-state index contributed by atoms with van der Waals surface area (Å²) < 4.78 is 7.82. The second-order valence-corrected chi connectivity index (χ2v) is 11.7. The van der Waals surface area contributed by atoms with E-state index in [1.165, 1.54) is 6.42 Å². The van der Waals surface area contributed by atoms with Crippen LogP contribution in [0.2, 0.25) is 0 Å². The van der Waals surface area contributed by atoms with Gasteiger partial charge in [-0.2, -0.15) is 0 Å². The number of aromatic nitrogens is 4. The van der Waals surface area contributed by atoms with Crippen LogP contribution in [0.1, 0.15) is 70.2 Å². The summed E-state index contributed by atoms with van der Waals surface area (Å²) in [5, 5.41) is 0. The van der Waals surface area contributed by atoms with Gasteiger partial charge < -0.3 is 14.7 Å². The molecule has 2 saturated heterocycles. The molecule has 6 rings (SSSR count). The molecule has 2 aliphatic rings. The quantitative estimate of drug-likeness (QED) is 0.279. The molecule has 2 aliphatic heterocycles. The number of H-pyrrole nitrogens is 2. The van der Waals surface area contributed by atoms with Gasteiger partial charge in [-0.3, -0.25) is 4.90 Å². The van der Waals surface area contributed by atoms with Crippen molar-refractivity contribution in [1.29, 1.82) is 0 Å². The number of halogens is 1. The van der Waals surface area contributed by atoms with Gasteiger partial charge in [-0.1, -0.05) is 12.1 Å². The van der Waals surface area contributed by atoms with Crippen molar-refractivity contribution in [3.05, 3.63) is 48.0 Å². The fourth-order valence-corrected chi connectivity index (χ4v) is 5.97. The average Bonchev–Trinajstić information content (AvgIpc) is 3.61. The molecular formula is C27H31BrN6O2. The first kappa shape index (κ1) is 23.5. The summed E-state index contributed by atoms with van der Waals surface area (Å²) in [6.07, 6.45) is 3.80. The molecule has 9 heteroatoms. The molecule has 4 heterocycles. The van der Waals surface area contributed by atoms with E-state index in [0.29, 0.717) is 6.54 Å². The number of fused-ring (bicyclic) bond motifs is 2. The third kappa shape index (κ3) is 4.39. The van der Waals surface area contributed by atoms with Gasteiger partial charge in [0.2, 0.25) is 0 Å². The number of amides is 1. The number of hydrogen-bond acceptors (Lipinski definition) is 5. The van der Waals surface area contributed by atoms with Crippen molar-refractivity contribution in [3.8, 4) is 11.1 Å². The van der Waals surface area contributed by atoms with Crippen LogP contribution < -0.4 is 0 Å². The van der Waals surface area contributed by atoms with Gasteiger partial charge in [-0.15, -0.1) is 0 Å². The molecule has 2 aromatic carbocycles. The molecule has 0 unspecified atom stereocenters. The molecule has 0 saturated carbocycles. The van der Waals surface area contributed by atoms with Crippen molar-refractivity contribution in [1.82, 2.24) is 28.8 Å². The lowest BCUT2D eigenvalue weighted by molar-refractivity contribution is 0.0219. The Balaban J connectivity index is 1.27. The first-order valence-electron chi connectivity index (χ1n) is 12.7. The largest absolute Gasteiger partial charge is 0.444 e. The number of benzene rings is 2. The first-order valence-corrected chi connectivity index (χ1v) is 13.4. The molecule has 0 spiro atoms. The van der Waals surface area contributed by atoms with Crippen LogP contribution in [0.5, 0.6) is 0 Å². The molecule has 8 nitrogen and oxygen atoms in total. The fraction of sp³-hybridized carbons (Fsp3) is 0.444. The van der Waals surface area contributed by atoms with E-state index in [0.717, 1.165) is 70.6 Å². The van der Waals surface area contributed by atoms with Gasteiger partial charge in [0.1, 0.15) is 17.2 Å². The Morgan fingerprint density at radius 3 is 2.03 bits per heavy atom. The number of imidazole rings is 2. The summed E-state index contributed by atoms with van der Waals surface area (Å²) in [7, 11) is 0. The Morgan fingerprint density at radius 2 is 1.47 bits per heavy atom. The lowest BCUT2D eigenvalue weighted by Crippen LogP contribution is -2.36. The number of nitrogens with one attached hydrogen (secondary N) is 2. The van der Waals surface area contributed by atoms with Crippen LogP contribution in [0.25, 0.3) is 33.2 Å². The van der Waals surface area contributed by atoms with Crippen molar-refractivity contribution in [3.63, 3.8) is 0 Å². The number of rotatable bonds is 3. The highest BCUT2D eigenvalue weighted by Crippen LogP contribution is 2.36. The highest BCUT2D eigenvalue weighted by atomic mass is 79.9. The smallest absolute Gasteiger partial charge is 0.410 e. The van der Waals surface area contributed by atoms with E-state index in [2.05, 4.69) is 60.4 Å². The van der Waals surface area contributed by atoms with Crippen molar-refractivity contribution in [2.45, 2.75) is 64.1 Å². The number of hydrogen-bond donors (Lipinski definition) is 2. The number of carbonyl (C=O) groups is 1. The zero-order valence-corrected chi connectivity index (χ0v) is 22.4. The first-order chi connectivity index (χ1) is 17.2. The lowest BCUT2D eigenvalue weighted by atomic mass is 10.0. The predicted octanol–water partition coefficient (Wildman–Crippen LogP) is 6.63. The fourth-order valence-electron chi connectivity index (χ4n) is 5.32. The Kier molecular flexibility index (Phi) is 5.80. The second-order valence-electron chi connectivity index (χ2n) is 10.8. The number of carbonyl (C=O) groups excluding carboxylic acids is 1. The van der Waals surface area contributed by atoms with Crippen molar-refractivity contribution in [2.24, 2.45) is 0 Å². The third-order valence-corrected chi connectivity index (χ3v) is 7.88. The summed E-state index contributed by atoms with van der Waals surface area (Å²) in [4.78, 5) is 31.2. The van der Waals surface area contributed by atoms with Gasteiger partial charge >= 0.3 is 6.09 Å². The molecule has 2 atom stereocenters. The second kappa shape index (κ2) is 8.88. The number of aromatic amines is 2. The van der Waals surface area contributed by atoms with Crippen LogP contribution in [0.3, 0.4) is 0 Å². The van der Waals surface area contributed by atoms with E-state index in [9.17, 15) is 4.79 Å². The van der Waals surface area contributed by atoms with Crippen LogP contribution in [-0.2, 0) is 4.74 Å². The average molecular weight is 551 g/mol. The maximum absolute atomic E-state index is 12.8. The minimum atomic E-state index is -0.520. The summed E-state index contributed by atoms with van der Waals surface area (Å²) in [6, 6.07) is 12.8. The van der Waals surface area contributed by atoms with Crippen LogP contribution in [0, 0.1) is 0 Å². The molecule has 2 fully saturated rings. The standard InChI is InChI=1S/C27H31BrN6O2/c1-27(2,3)36-26(35)33-12-4-6-22(33)24-29-18-10-8-16(14-20(18)31-24)17-9-11-19-21(15-17)32-25(30-19)23-7-5-13-34(23)28/h8-11,14-15,22-23H,4-7,12-13H2,1-3H3,(H,29,31)(H,30,32)/t22-,23-/m0/s1. The Labute approximate surface area is 218 Å². The monoisotopic (exact) mass is 550 g/mol. The summed E-state index contributed by atoms with van der Waals surface area (Å²) in [6.45, 7) is 7.40. The van der Waals surface area contributed by atoms with Crippen molar-refractivity contribution in [2.75, 3.05) is 13.1 Å². The highest BCUT2D eigenvalue weighted by Gasteiger charge is 2.35. The Bertz CT molecular complexity index is 1440. The van der Waals surface area contributed by atoms with E-state index >= 15 is 0 Å². The number of nitrogens with zero attached hydrogens (tertiary/aromatic N) is 4. The van der Waals surface area contributed by atoms with E-state index < -0.39 is 5.60 Å². The minimum Gasteiger partial charge on any atom is -0.444 e. The minimum absolute atomic E-state index is 0.0972. The Hall–Kier alpha value is -2.91. The molecule has 0 radical (unpaired) electrons. The van der Waals surface area contributed by atoms with Crippen molar-refractivity contribution >= 4 is 44.3 Å². The van der Waals surface area contributed by atoms with Gasteiger partial charge in [0.05, 0.1) is 34.2 Å². The third-order valence-electron chi connectivity index (χ3n) is 7.03. The van der Waals surface area contributed by atoms with Crippen LogP contribution >= 0.6 is 16.1 Å². The van der Waals surface area contributed by atoms with E-state index in [1.807, 2.05) is 26.8 Å². The van der Waals surface area contributed by atoms with Crippen LogP contribution in [0.4, 0.5) is 4.79 Å². The zero-order valence-electron chi connectivity index (χ0n) is 20.8. The van der Waals surface area contributed by atoms with E-state index in [4.69, 9.17) is 14.7 Å². The summed E-state index contributed by atoms with van der Waals surface area (Å²) in [5.41, 5.74) is 5.59. The molecular weight excluding hydrogens is 520 g/mol. The van der Waals surface area contributed by atoms with Gasteiger partial charge in [0, 0.05) is 29.2 Å². The molecule has 0 bridgehead atoms. The Morgan fingerprint density at radius 1 is 0.917 bits per heavy atom. The highest BCUT2D eigenvalue weighted by molar-refractivity contribution is 9.07. The summed E-state index contributed by atoms with van der Waals surface area (Å²) >= 11 is 3.66. The molecule has 0 aliphatic carbocycles. The van der Waals surface area contributed by atoms with Crippen molar-refractivity contribution < 1.29 is 9.53 Å². The molecule has 2 N–H and O–H groups in total. The lowest BCUT2D eigenvalue weighted by Gasteiger charge is -2.27. The van der Waals surface area contributed by atoms with E-state index in [-0.39, 0.29) is 18.2 Å². The topological polar surface area (TPSA) is 90.1 Å². The molecule has 36 heavy (non-hydrogen) atoms. The maximum Gasteiger partial charge on any atom is 0.410 e.